The second-order valence-corrected chi connectivity index (χ2v) is 5.76. The van der Waals surface area contributed by atoms with E-state index in [1.165, 1.54) is 0 Å². The number of hydrazone groups is 1. The highest BCUT2D eigenvalue weighted by Gasteiger charge is 2.04. The highest BCUT2D eigenvalue weighted by Crippen LogP contribution is 2.09. The van der Waals surface area contributed by atoms with Crippen LogP contribution in [-0.4, -0.2) is 11.6 Å². The maximum Gasteiger partial charge on any atom is 0.271 e. The van der Waals surface area contributed by atoms with Crippen molar-refractivity contribution in [2.75, 3.05) is 0 Å². The second kappa shape index (κ2) is 6.65. The number of carbonyl (C=O) groups is 1. The van der Waals surface area contributed by atoms with Gasteiger partial charge < -0.3 is 0 Å². The van der Waals surface area contributed by atoms with Gasteiger partial charge in [0.2, 0.25) is 0 Å². The Hall–Kier alpha value is -1.69. The maximum atomic E-state index is 11.9. The smallest absolute Gasteiger partial charge is 0.267 e. The third kappa shape index (κ3) is 3.90. The molecule has 0 aromatic heterocycles. The Labute approximate surface area is 132 Å². The van der Waals surface area contributed by atoms with Crippen LogP contribution in [0.4, 0.5) is 0 Å². The lowest BCUT2D eigenvalue weighted by Gasteiger charge is -2.04. The molecular weight excluding hydrogens is 363 g/mol. The first-order chi connectivity index (χ1) is 9.56. The predicted octanol–water partition coefficient (Wildman–Crippen LogP) is 3.75. The van der Waals surface area contributed by atoms with Gasteiger partial charge in [0.25, 0.3) is 5.91 Å². The van der Waals surface area contributed by atoms with Gasteiger partial charge in [-0.15, -0.1) is 0 Å². The van der Waals surface area contributed by atoms with Gasteiger partial charge in [-0.2, -0.15) is 5.10 Å². The van der Waals surface area contributed by atoms with Gasteiger partial charge in [-0.3, -0.25) is 4.79 Å². The molecule has 0 saturated heterocycles. The Balaban J connectivity index is 2.08. The van der Waals surface area contributed by atoms with E-state index < -0.39 is 0 Å². The van der Waals surface area contributed by atoms with E-state index in [1.807, 2.05) is 50.2 Å². The number of benzene rings is 2. The van der Waals surface area contributed by atoms with E-state index in [1.54, 1.807) is 12.1 Å². The van der Waals surface area contributed by atoms with Gasteiger partial charge in [-0.05, 0) is 66.3 Å². The van der Waals surface area contributed by atoms with Crippen molar-refractivity contribution in [2.24, 2.45) is 5.10 Å². The quantitative estimate of drug-likeness (QED) is 0.493. The molecule has 0 atom stereocenters. The zero-order valence-electron chi connectivity index (χ0n) is 11.4. The first kappa shape index (κ1) is 14.7. The minimum atomic E-state index is -0.199. The van der Waals surface area contributed by atoms with Crippen LogP contribution >= 0.6 is 22.6 Å². The number of aryl methyl sites for hydroxylation is 1. The standard InChI is InChI=1S/C16H15IN2O/c1-11-6-8-13(9-7-11)16(20)19-18-12(2)14-4-3-5-15(17)10-14/h3-10H,1-2H3,(H,19,20)/b18-12-. The van der Waals surface area contributed by atoms with Gasteiger partial charge in [-0.1, -0.05) is 29.8 Å². The molecule has 2 aromatic carbocycles. The van der Waals surface area contributed by atoms with Crippen molar-refractivity contribution in [1.29, 1.82) is 0 Å². The van der Waals surface area contributed by atoms with Crippen LogP contribution in [0.2, 0.25) is 0 Å². The molecule has 0 saturated carbocycles. The number of amides is 1. The molecule has 0 radical (unpaired) electrons. The summed E-state index contributed by atoms with van der Waals surface area (Å²) in [5, 5.41) is 4.15. The lowest BCUT2D eigenvalue weighted by molar-refractivity contribution is 0.0955. The summed E-state index contributed by atoms with van der Waals surface area (Å²) in [5.74, 6) is -0.199. The van der Waals surface area contributed by atoms with Gasteiger partial charge in [0.05, 0.1) is 5.71 Å². The topological polar surface area (TPSA) is 41.5 Å². The van der Waals surface area contributed by atoms with Crippen molar-refractivity contribution in [2.45, 2.75) is 13.8 Å². The number of halogens is 1. The van der Waals surface area contributed by atoms with Gasteiger partial charge in [0.1, 0.15) is 0 Å². The minimum absolute atomic E-state index is 0.199. The molecule has 20 heavy (non-hydrogen) atoms. The van der Waals surface area contributed by atoms with Crippen LogP contribution in [0.5, 0.6) is 0 Å². The van der Waals surface area contributed by atoms with E-state index in [0.717, 1.165) is 20.4 Å². The van der Waals surface area contributed by atoms with Gasteiger partial charge in [-0.25, -0.2) is 5.43 Å². The molecule has 1 amide bonds. The summed E-state index contributed by atoms with van der Waals surface area (Å²) in [6, 6.07) is 15.4. The van der Waals surface area contributed by atoms with Gasteiger partial charge in [0, 0.05) is 9.13 Å². The average Bonchev–Trinajstić information content (AvgIpc) is 2.45. The Morgan fingerprint density at radius 2 is 1.80 bits per heavy atom. The predicted molar refractivity (Wildman–Crippen MR) is 90.0 cm³/mol. The summed E-state index contributed by atoms with van der Waals surface area (Å²) in [4.78, 5) is 11.9. The molecule has 0 spiro atoms. The van der Waals surface area contributed by atoms with Crippen molar-refractivity contribution in [3.63, 3.8) is 0 Å². The van der Waals surface area contributed by atoms with Gasteiger partial charge >= 0.3 is 0 Å². The molecule has 0 fully saturated rings. The Morgan fingerprint density at radius 3 is 2.45 bits per heavy atom. The van der Waals surface area contributed by atoms with Crippen LogP contribution < -0.4 is 5.43 Å². The Bertz CT molecular complexity index is 648. The normalized spacial score (nSPS) is 11.2. The molecular formula is C16H15IN2O. The fourth-order valence-corrected chi connectivity index (χ4v) is 2.23. The summed E-state index contributed by atoms with van der Waals surface area (Å²) in [6.07, 6.45) is 0. The number of carbonyl (C=O) groups excluding carboxylic acids is 1. The average molecular weight is 378 g/mol. The summed E-state index contributed by atoms with van der Waals surface area (Å²) >= 11 is 2.25. The molecule has 0 aliphatic carbocycles. The molecule has 0 aliphatic heterocycles. The highest BCUT2D eigenvalue weighted by atomic mass is 127. The van der Waals surface area contributed by atoms with E-state index in [-0.39, 0.29) is 5.91 Å². The fourth-order valence-electron chi connectivity index (χ4n) is 1.68. The Kier molecular flexibility index (Phi) is 4.89. The number of hydrogen-bond donors (Lipinski definition) is 1. The van der Waals surface area contributed by atoms with Crippen LogP contribution in [0.1, 0.15) is 28.4 Å². The zero-order valence-corrected chi connectivity index (χ0v) is 13.5. The van der Waals surface area contributed by atoms with Crippen molar-refractivity contribution in [1.82, 2.24) is 5.43 Å². The van der Waals surface area contributed by atoms with Crippen LogP contribution in [0, 0.1) is 10.5 Å². The number of nitrogens with zero attached hydrogens (tertiary/aromatic N) is 1. The molecule has 3 nitrogen and oxygen atoms in total. The molecule has 0 aliphatic rings. The lowest BCUT2D eigenvalue weighted by atomic mass is 10.1. The van der Waals surface area contributed by atoms with Crippen LogP contribution in [0.25, 0.3) is 0 Å². The molecule has 0 bridgehead atoms. The van der Waals surface area contributed by atoms with E-state index in [4.69, 9.17) is 0 Å². The molecule has 1 N–H and O–H groups in total. The summed E-state index contributed by atoms with van der Waals surface area (Å²) in [7, 11) is 0. The molecule has 4 heteroatoms. The highest BCUT2D eigenvalue weighted by molar-refractivity contribution is 14.1. The number of nitrogens with one attached hydrogen (secondary N) is 1. The third-order valence-electron chi connectivity index (χ3n) is 2.88. The van der Waals surface area contributed by atoms with Gasteiger partial charge in [0.15, 0.2) is 0 Å². The molecule has 0 heterocycles. The molecule has 0 unspecified atom stereocenters. The van der Waals surface area contributed by atoms with Crippen LogP contribution in [-0.2, 0) is 0 Å². The summed E-state index contributed by atoms with van der Waals surface area (Å²) in [5.41, 5.74) is 6.10. The van der Waals surface area contributed by atoms with Crippen molar-refractivity contribution in [3.05, 3.63) is 68.8 Å². The van der Waals surface area contributed by atoms with E-state index in [0.29, 0.717) is 5.56 Å². The second-order valence-electron chi connectivity index (χ2n) is 4.51. The molecule has 102 valence electrons. The summed E-state index contributed by atoms with van der Waals surface area (Å²) in [6.45, 7) is 3.86. The van der Waals surface area contributed by atoms with E-state index in [2.05, 4.69) is 33.1 Å². The van der Waals surface area contributed by atoms with Crippen LogP contribution in [0.15, 0.2) is 53.6 Å². The fraction of sp³-hybridized carbons (Fsp3) is 0.125. The first-order valence-electron chi connectivity index (χ1n) is 6.23. The molecule has 2 aromatic rings. The Morgan fingerprint density at radius 1 is 1.10 bits per heavy atom. The largest absolute Gasteiger partial charge is 0.271 e. The summed E-state index contributed by atoms with van der Waals surface area (Å²) < 4.78 is 1.14. The minimum Gasteiger partial charge on any atom is -0.267 e. The maximum absolute atomic E-state index is 11.9. The van der Waals surface area contributed by atoms with Crippen molar-refractivity contribution in [3.8, 4) is 0 Å². The SMILES string of the molecule is C/C(=N/NC(=O)c1ccc(C)cc1)c1cccc(I)c1. The monoisotopic (exact) mass is 378 g/mol. The first-order valence-corrected chi connectivity index (χ1v) is 7.31. The van der Waals surface area contributed by atoms with Crippen molar-refractivity contribution < 1.29 is 4.79 Å². The number of hydrogen-bond acceptors (Lipinski definition) is 2. The van der Waals surface area contributed by atoms with E-state index >= 15 is 0 Å². The number of rotatable bonds is 3. The molecule has 2 rings (SSSR count). The van der Waals surface area contributed by atoms with Crippen molar-refractivity contribution >= 4 is 34.2 Å². The van der Waals surface area contributed by atoms with E-state index in [9.17, 15) is 4.79 Å². The lowest BCUT2D eigenvalue weighted by Crippen LogP contribution is -2.19. The zero-order chi connectivity index (χ0) is 14.5. The van der Waals surface area contributed by atoms with Crippen LogP contribution in [0.3, 0.4) is 0 Å². The third-order valence-corrected chi connectivity index (χ3v) is 3.55.